The molecule has 1 aromatic rings. The smallest absolute Gasteiger partial charge is 0.224 e. The molecule has 1 fully saturated rings. The molecule has 1 amide bonds. The number of rotatable bonds is 3. The summed E-state index contributed by atoms with van der Waals surface area (Å²) in [7, 11) is 0. The number of hydrogen-bond acceptors (Lipinski definition) is 3. The average Bonchev–Trinajstić information content (AvgIpc) is 2.80. The molecule has 0 spiro atoms. The summed E-state index contributed by atoms with van der Waals surface area (Å²) in [4.78, 5) is 11.8. The van der Waals surface area contributed by atoms with Gasteiger partial charge in [0.15, 0.2) is 0 Å². The third-order valence-corrected chi connectivity index (χ3v) is 3.05. The number of hydrogen-bond donors (Lipinski definition) is 2. The second kappa shape index (κ2) is 5.16. The van der Waals surface area contributed by atoms with Gasteiger partial charge in [-0.25, -0.2) is 0 Å². The van der Waals surface area contributed by atoms with Gasteiger partial charge in [-0.1, -0.05) is 0 Å². The van der Waals surface area contributed by atoms with Crippen molar-refractivity contribution in [3.63, 3.8) is 0 Å². The molecule has 0 radical (unpaired) electrons. The van der Waals surface area contributed by atoms with Crippen molar-refractivity contribution in [1.82, 2.24) is 10.6 Å². The molecule has 1 aromatic heterocycles. The van der Waals surface area contributed by atoms with Gasteiger partial charge in [-0.15, -0.1) is 0 Å². The molecule has 2 N–H and O–H groups in total. The van der Waals surface area contributed by atoms with Crippen LogP contribution in [0, 0.1) is 5.92 Å². The number of carbonyl (C=O) groups excluding carboxylic acids is 1. The third-order valence-electron chi connectivity index (χ3n) is 3.05. The van der Waals surface area contributed by atoms with Gasteiger partial charge < -0.3 is 15.1 Å². The minimum absolute atomic E-state index is 0.103. The van der Waals surface area contributed by atoms with Crippen molar-refractivity contribution >= 4 is 5.91 Å². The maximum absolute atomic E-state index is 11.8. The monoisotopic (exact) mass is 222 g/mol. The Morgan fingerprint density at radius 3 is 3.12 bits per heavy atom. The number of carbonyl (C=O) groups is 1. The van der Waals surface area contributed by atoms with Gasteiger partial charge >= 0.3 is 0 Å². The Balaban J connectivity index is 1.75. The lowest BCUT2D eigenvalue weighted by Gasteiger charge is -2.26. The van der Waals surface area contributed by atoms with E-state index in [1.807, 2.05) is 12.1 Å². The molecule has 4 nitrogen and oxygen atoms in total. The molecule has 0 aromatic carbocycles. The Morgan fingerprint density at radius 2 is 2.50 bits per heavy atom. The van der Waals surface area contributed by atoms with Crippen molar-refractivity contribution in [3.8, 4) is 0 Å². The summed E-state index contributed by atoms with van der Waals surface area (Å²) in [5.74, 6) is 1.02. The lowest BCUT2D eigenvalue weighted by Crippen LogP contribution is -2.43. The zero-order valence-corrected chi connectivity index (χ0v) is 9.53. The summed E-state index contributed by atoms with van der Waals surface area (Å²) < 4.78 is 5.16. The molecule has 4 heteroatoms. The van der Waals surface area contributed by atoms with Gasteiger partial charge in [0.25, 0.3) is 0 Å². The molecule has 88 valence electrons. The van der Waals surface area contributed by atoms with E-state index in [2.05, 4.69) is 17.6 Å². The van der Waals surface area contributed by atoms with Gasteiger partial charge in [0, 0.05) is 12.6 Å². The van der Waals surface area contributed by atoms with Gasteiger partial charge in [0.2, 0.25) is 5.91 Å². The zero-order chi connectivity index (χ0) is 11.4. The van der Waals surface area contributed by atoms with E-state index in [1.54, 1.807) is 6.26 Å². The molecule has 1 aliphatic rings. The topological polar surface area (TPSA) is 54.3 Å². The summed E-state index contributed by atoms with van der Waals surface area (Å²) in [6, 6.07) is 4.22. The van der Waals surface area contributed by atoms with Crippen LogP contribution in [0.5, 0.6) is 0 Å². The molecule has 2 unspecified atom stereocenters. The fourth-order valence-corrected chi connectivity index (χ4v) is 1.95. The van der Waals surface area contributed by atoms with Crippen molar-refractivity contribution in [2.24, 2.45) is 5.92 Å². The maximum Gasteiger partial charge on any atom is 0.224 e. The van der Waals surface area contributed by atoms with Crippen LogP contribution in [0.1, 0.15) is 25.5 Å². The first kappa shape index (κ1) is 11.2. The Hall–Kier alpha value is -1.29. The fourth-order valence-electron chi connectivity index (χ4n) is 1.95. The quantitative estimate of drug-likeness (QED) is 0.810. The van der Waals surface area contributed by atoms with Crippen LogP contribution >= 0.6 is 0 Å². The molecule has 2 rings (SSSR count). The molecule has 0 bridgehead atoms. The Labute approximate surface area is 95.4 Å². The minimum atomic E-state index is 0.103. The fraction of sp³-hybridized carbons (Fsp3) is 0.583. The molecule has 1 saturated heterocycles. The van der Waals surface area contributed by atoms with E-state index in [0.29, 0.717) is 12.6 Å². The third kappa shape index (κ3) is 2.85. The molecular formula is C12H18N2O2. The van der Waals surface area contributed by atoms with Gasteiger partial charge in [-0.05, 0) is 31.9 Å². The van der Waals surface area contributed by atoms with Crippen LogP contribution in [0.4, 0.5) is 0 Å². The van der Waals surface area contributed by atoms with Gasteiger partial charge in [0.1, 0.15) is 5.76 Å². The van der Waals surface area contributed by atoms with Crippen molar-refractivity contribution in [1.29, 1.82) is 0 Å². The van der Waals surface area contributed by atoms with E-state index >= 15 is 0 Å². The molecule has 2 heterocycles. The SMILES string of the molecule is CC1CCC(C(=O)NCc2ccco2)CN1. The number of nitrogens with one attached hydrogen (secondary N) is 2. The summed E-state index contributed by atoms with van der Waals surface area (Å²) in [6.45, 7) is 3.42. The Kier molecular flexibility index (Phi) is 3.62. The lowest BCUT2D eigenvalue weighted by molar-refractivity contribution is -0.125. The lowest BCUT2D eigenvalue weighted by atomic mass is 9.95. The standard InChI is InChI=1S/C12H18N2O2/c1-9-4-5-10(7-13-9)12(15)14-8-11-3-2-6-16-11/h2-3,6,9-10,13H,4-5,7-8H2,1H3,(H,14,15). The van der Waals surface area contributed by atoms with Crippen LogP contribution in [0.2, 0.25) is 0 Å². The van der Waals surface area contributed by atoms with Crippen LogP contribution < -0.4 is 10.6 Å². The number of amides is 1. The predicted octanol–water partition coefficient (Wildman–Crippen LogP) is 1.28. The van der Waals surface area contributed by atoms with E-state index in [4.69, 9.17) is 4.42 Å². The highest BCUT2D eigenvalue weighted by Gasteiger charge is 2.23. The summed E-state index contributed by atoms with van der Waals surface area (Å²) in [5, 5.41) is 6.22. The van der Waals surface area contributed by atoms with E-state index < -0.39 is 0 Å². The van der Waals surface area contributed by atoms with Gasteiger partial charge in [0.05, 0.1) is 18.7 Å². The highest BCUT2D eigenvalue weighted by molar-refractivity contribution is 5.78. The van der Waals surface area contributed by atoms with E-state index in [0.717, 1.165) is 25.1 Å². The van der Waals surface area contributed by atoms with Crippen LogP contribution in [0.15, 0.2) is 22.8 Å². The zero-order valence-electron chi connectivity index (χ0n) is 9.53. The van der Waals surface area contributed by atoms with E-state index in [9.17, 15) is 4.79 Å². The van der Waals surface area contributed by atoms with E-state index in [-0.39, 0.29) is 11.8 Å². The summed E-state index contributed by atoms with van der Waals surface area (Å²) in [6.07, 6.45) is 3.66. The normalized spacial score (nSPS) is 25.3. The molecular weight excluding hydrogens is 204 g/mol. The van der Waals surface area contributed by atoms with Gasteiger partial charge in [-0.2, -0.15) is 0 Å². The molecule has 1 aliphatic heterocycles. The van der Waals surface area contributed by atoms with Crippen molar-refractivity contribution in [2.45, 2.75) is 32.4 Å². The molecule has 2 atom stereocenters. The Bertz CT molecular complexity index is 327. The first-order chi connectivity index (χ1) is 7.75. The first-order valence-electron chi connectivity index (χ1n) is 5.79. The second-order valence-electron chi connectivity index (χ2n) is 4.38. The minimum Gasteiger partial charge on any atom is -0.467 e. The second-order valence-corrected chi connectivity index (χ2v) is 4.38. The van der Waals surface area contributed by atoms with Crippen LogP contribution in [0.25, 0.3) is 0 Å². The number of furan rings is 1. The van der Waals surface area contributed by atoms with Crippen molar-refractivity contribution in [3.05, 3.63) is 24.2 Å². The predicted molar refractivity (Wildman–Crippen MR) is 60.7 cm³/mol. The average molecular weight is 222 g/mol. The number of piperidine rings is 1. The van der Waals surface area contributed by atoms with Crippen LogP contribution in [-0.4, -0.2) is 18.5 Å². The molecule has 0 aliphatic carbocycles. The summed E-state index contributed by atoms with van der Waals surface area (Å²) in [5.41, 5.74) is 0. The van der Waals surface area contributed by atoms with Crippen LogP contribution in [-0.2, 0) is 11.3 Å². The van der Waals surface area contributed by atoms with Gasteiger partial charge in [-0.3, -0.25) is 4.79 Å². The first-order valence-corrected chi connectivity index (χ1v) is 5.79. The van der Waals surface area contributed by atoms with Crippen LogP contribution in [0.3, 0.4) is 0 Å². The maximum atomic E-state index is 11.8. The van der Waals surface area contributed by atoms with Crippen molar-refractivity contribution < 1.29 is 9.21 Å². The molecule has 0 saturated carbocycles. The highest BCUT2D eigenvalue weighted by Crippen LogP contribution is 2.14. The van der Waals surface area contributed by atoms with E-state index in [1.165, 1.54) is 0 Å². The Morgan fingerprint density at radius 1 is 1.62 bits per heavy atom. The van der Waals surface area contributed by atoms with Crippen molar-refractivity contribution in [2.75, 3.05) is 6.54 Å². The molecule has 16 heavy (non-hydrogen) atoms. The largest absolute Gasteiger partial charge is 0.467 e. The highest BCUT2D eigenvalue weighted by atomic mass is 16.3. The summed E-state index contributed by atoms with van der Waals surface area (Å²) >= 11 is 0.